The molecular weight excluding hydrogens is 427 g/mol. The Kier molecular flexibility index (Phi) is 4.25. The quantitative estimate of drug-likeness (QED) is 0.369. The molecule has 120 valence electrons. The number of anilines is 2. The van der Waals surface area contributed by atoms with E-state index in [1.165, 1.54) is 12.3 Å². The Morgan fingerprint density at radius 2 is 1.67 bits per heavy atom. The molecule has 0 aliphatic carbocycles. The summed E-state index contributed by atoms with van der Waals surface area (Å²) in [4.78, 5) is 25.4. The predicted molar refractivity (Wildman–Crippen MR) is 97.5 cm³/mol. The molecule has 8 nitrogen and oxygen atoms in total. The number of halogens is 1. The van der Waals surface area contributed by atoms with Gasteiger partial charge in [-0.05, 0) is 59.0 Å². The summed E-state index contributed by atoms with van der Waals surface area (Å²) in [6, 6.07) is 11.2. The number of hydrogen-bond donors (Lipinski definition) is 1. The number of nitro groups is 2. The van der Waals surface area contributed by atoms with E-state index in [0.29, 0.717) is 5.69 Å². The molecule has 0 aliphatic heterocycles. The molecule has 0 amide bonds. The fraction of sp³-hybridized carbons (Fsp3) is 0. The first-order chi connectivity index (χ1) is 11.5. The summed E-state index contributed by atoms with van der Waals surface area (Å²) in [5.74, 6) is 0. The Labute approximate surface area is 149 Å². The van der Waals surface area contributed by atoms with Crippen LogP contribution in [0.15, 0.2) is 48.7 Å². The second-order valence-electron chi connectivity index (χ2n) is 4.84. The van der Waals surface area contributed by atoms with Crippen LogP contribution in [-0.4, -0.2) is 14.8 Å². The molecule has 0 aliphatic rings. The Morgan fingerprint density at radius 3 is 2.29 bits per heavy atom. The Morgan fingerprint density at radius 1 is 1.00 bits per heavy atom. The SMILES string of the molecule is O=[N+]([O-])c1cc([N+](=O)[O-])c2cccnc2c1Nc1ccc(I)cc1. The van der Waals surface area contributed by atoms with Crippen LogP contribution in [0.3, 0.4) is 0 Å². The lowest BCUT2D eigenvalue weighted by atomic mass is 10.1. The van der Waals surface area contributed by atoms with Gasteiger partial charge in [0.25, 0.3) is 5.69 Å². The van der Waals surface area contributed by atoms with E-state index in [2.05, 4.69) is 32.9 Å². The molecule has 2 aromatic carbocycles. The number of non-ortho nitro benzene ring substituents is 1. The van der Waals surface area contributed by atoms with Crippen molar-refractivity contribution in [1.29, 1.82) is 0 Å². The number of aromatic nitrogens is 1. The zero-order chi connectivity index (χ0) is 17.3. The molecule has 0 fully saturated rings. The van der Waals surface area contributed by atoms with Crippen molar-refractivity contribution >= 4 is 56.2 Å². The highest BCUT2D eigenvalue weighted by atomic mass is 127. The van der Waals surface area contributed by atoms with E-state index < -0.39 is 15.5 Å². The van der Waals surface area contributed by atoms with Crippen LogP contribution in [0.4, 0.5) is 22.7 Å². The molecule has 24 heavy (non-hydrogen) atoms. The lowest BCUT2D eigenvalue weighted by Gasteiger charge is -2.10. The Balaban J connectivity index is 2.26. The van der Waals surface area contributed by atoms with Crippen molar-refractivity contribution in [2.45, 2.75) is 0 Å². The maximum atomic E-state index is 11.4. The Hall–Kier alpha value is -2.82. The minimum atomic E-state index is -0.657. The molecule has 1 aromatic heterocycles. The summed E-state index contributed by atoms with van der Waals surface area (Å²) >= 11 is 2.15. The van der Waals surface area contributed by atoms with Crippen LogP contribution in [0, 0.1) is 23.8 Å². The third kappa shape index (κ3) is 2.97. The predicted octanol–water partition coefficient (Wildman–Crippen LogP) is 4.40. The van der Waals surface area contributed by atoms with Gasteiger partial charge < -0.3 is 5.32 Å². The first-order valence-corrected chi connectivity index (χ1v) is 7.78. The van der Waals surface area contributed by atoms with Crippen molar-refractivity contribution in [3.05, 3.63) is 72.5 Å². The second-order valence-corrected chi connectivity index (χ2v) is 6.08. The molecule has 0 saturated carbocycles. The Bertz CT molecular complexity index is 960. The largest absolute Gasteiger partial charge is 0.348 e. The zero-order valence-electron chi connectivity index (χ0n) is 12.0. The molecule has 0 atom stereocenters. The van der Waals surface area contributed by atoms with Crippen LogP contribution in [-0.2, 0) is 0 Å². The summed E-state index contributed by atoms with van der Waals surface area (Å²) in [5.41, 5.74) is 0.183. The van der Waals surface area contributed by atoms with E-state index in [1.54, 1.807) is 18.2 Å². The molecule has 3 aromatic rings. The van der Waals surface area contributed by atoms with Gasteiger partial charge in [-0.2, -0.15) is 0 Å². The number of hydrogen-bond acceptors (Lipinski definition) is 6. The number of nitrogens with one attached hydrogen (secondary N) is 1. The van der Waals surface area contributed by atoms with Gasteiger partial charge in [0.15, 0.2) is 0 Å². The smallest absolute Gasteiger partial charge is 0.301 e. The minimum absolute atomic E-state index is 0.127. The highest BCUT2D eigenvalue weighted by Gasteiger charge is 2.26. The van der Waals surface area contributed by atoms with E-state index >= 15 is 0 Å². The highest BCUT2D eigenvalue weighted by Crippen LogP contribution is 2.39. The van der Waals surface area contributed by atoms with Gasteiger partial charge in [-0.3, -0.25) is 25.2 Å². The maximum Gasteiger partial charge on any atom is 0.301 e. The van der Waals surface area contributed by atoms with Crippen molar-refractivity contribution < 1.29 is 9.85 Å². The third-order valence-corrected chi connectivity index (χ3v) is 4.08. The number of benzene rings is 2. The number of nitrogens with zero attached hydrogens (tertiary/aromatic N) is 3. The average molecular weight is 436 g/mol. The van der Waals surface area contributed by atoms with Crippen LogP contribution in [0.1, 0.15) is 0 Å². The van der Waals surface area contributed by atoms with Gasteiger partial charge in [0, 0.05) is 15.5 Å². The van der Waals surface area contributed by atoms with Crippen LogP contribution >= 0.6 is 22.6 Å². The lowest BCUT2D eigenvalue weighted by molar-refractivity contribution is -0.392. The van der Waals surface area contributed by atoms with E-state index in [-0.39, 0.29) is 22.3 Å². The highest BCUT2D eigenvalue weighted by molar-refractivity contribution is 14.1. The molecule has 9 heteroatoms. The fourth-order valence-corrected chi connectivity index (χ4v) is 2.67. The van der Waals surface area contributed by atoms with Gasteiger partial charge >= 0.3 is 5.69 Å². The van der Waals surface area contributed by atoms with Crippen molar-refractivity contribution in [1.82, 2.24) is 4.98 Å². The van der Waals surface area contributed by atoms with Crippen LogP contribution in [0.25, 0.3) is 10.9 Å². The number of fused-ring (bicyclic) bond motifs is 1. The summed E-state index contributed by atoms with van der Waals surface area (Å²) in [5, 5.41) is 25.8. The fourth-order valence-electron chi connectivity index (χ4n) is 2.31. The first kappa shape index (κ1) is 16.1. The molecule has 0 radical (unpaired) electrons. The zero-order valence-corrected chi connectivity index (χ0v) is 14.1. The lowest BCUT2D eigenvalue weighted by Crippen LogP contribution is -2.01. The van der Waals surface area contributed by atoms with E-state index in [0.717, 1.165) is 9.64 Å². The number of nitro benzene ring substituents is 2. The average Bonchev–Trinajstić information content (AvgIpc) is 2.56. The van der Waals surface area contributed by atoms with Gasteiger partial charge in [-0.25, -0.2) is 0 Å². The molecule has 0 spiro atoms. The summed E-state index contributed by atoms with van der Waals surface area (Å²) < 4.78 is 1.01. The van der Waals surface area contributed by atoms with E-state index in [4.69, 9.17) is 0 Å². The van der Waals surface area contributed by atoms with Gasteiger partial charge in [0.1, 0.15) is 11.2 Å². The monoisotopic (exact) mass is 436 g/mol. The third-order valence-electron chi connectivity index (χ3n) is 3.36. The molecule has 3 rings (SSSR count). The van der Waals surface area contributed by atoms with Gasteiger partial charge in [0.05, 0.1) is 21.3 Å². The number of rotatable bonds is 4. The molecular formula is C15H9IN4O4. The second kappa shape index (κ2) is 6.35. The van der Waals surface area contributed by atoms with Crippen molar-refractivity contribution in [3.8, 4) is 0 Å². The van der Waals surface area contributed by atoms with Crippen LogP contribution in [0.2, 0.25) is 0 Å². The summed E-state index contributed by atoms with van der Waals surface area (Å²) in [7, 11) is 0. The van der Waals surface area contributed by atoms with Crippen molar-refractivity contribution in [2.24, 2.45) is 0 Å². The molecule has 0 bridgehead atoms. The van der Waals surface area contributed by atoms with E-state index in [1.807, 2.05) is 12.1 Å². The van der Waals surface area contributed by atoms with E-state index in [9.17, 15) is 20.2 Å². The molecule has 0 saturated heterocycles. The normalized spacial score (nSPS) is 10.5. The minimum Gasteiger partial charge on any atom is -0.348 e. The van der Waals surface area contributed by atoms with Gasteiger partial charge in [-0.15, -0.1) is 0 Å². The van der Waals surface area contributed by atoms with Crippen molar-refractivity contribution in [2.75, 3.05) is 5.32 Å². The first-order valence-electron chi connectivity index (χ1n) is 6.70. The van der Waals surface area contributed by atoms with Gasteiger partial charge in [-0.1, -0.05) is 0 Å². The summed E-state index contributed by atoms with van der Waals surface area (Å²) in [6.45, 7) is 0. The van der Waals surface area contributed by atoms with Gasteiger partial charge in [0.2, 0.25) is 0 Å². The molecule has 1 heterocycles. The number of pyridine rings is 1. The summed E-state index contributed by atoms with van der Waals surface area (Å²) in [6.07, 6.45) is 1.44. The maximum absolute atomic E-state index is 11.4. The van der Waals surface area contributed by atoms with Crippen molar-refractivity contribution in [3.63, 3.8) is 0 Å². The van der Waals surface area contributed by atoms with Crippen LogP contribution < -0.4 is 5.32 Å². The molecule has 0 unspecified atom stereocenters. The van der Waals surface area contributed by atoms with Crippen LogP contribution in [0.5, 0.6) is 0 Å². The standard InChI is InChI=1S/C15H9IN4O4/c16-9-3-5-10(6-4-9)18-15-13(20(23)24)8-12(19(21)22)11-2-1-7-17-14(11)15/h1-8,18H. The topological polar surface area (TPSA) is 111 Å². The molecule has 1 N–H and O–H groups in total.